The fourth-order valence-corrected chi connectivity index (χ4v) is 3.87. The highest BCUT2D eigenvalue weighted by Crippen LogP contribution is 2.34. The molecule has 1 saturated carbocycles. The van der Waals surface area contributed by atoms with Gasteiger partial charge in [0, 0.05) is 17.1 Å². The number of benzene rings is 1. The number of nitrogens with one attached hydrogen (secondary N) is 1. The first kappa shape index (κ1) is 15.5. The van der Waals surface area contributed by atoms with Crippen LogP contribution in [0.2, 0.25) is 5.02 Å². The molecule has 1 fully saturated rings. The van der Waals surface area contributed by atoms with E-state index in [4.69, 9.17) is 16.3 Å². The third kappa shape index (κ3) is 3.13. The van der Waals surface area contributed by atoms with E-state index in [0.29, 0.717) is 30.6 Å². The van der Waals surface area contributed by atoms with E-state index in [1.165, 1.54) is 5.56 Å². The number of hydrogen-bond donors (Lipinski definition) is 1. The molecule has 24 heavy (non-hydrogen) atoms. The van der Waals surface area contributed by atoms with E-state index in [9.17, 15) is 4.79 Å². The van der Waals surface area contributed by atoms with Crippen LogP contribution in [0, 0.1) is 0 Å². The number of amides is 1. The number of ether oxygens (including phenoxy) is 1. The number of carbonyl (C=O) groups excluding carboxylic acids is 1. The van der Waals surface area contributed by atoms with Gasteiger partial charge in [0.15, 0.2) is 5.69 Å². The van der Waals surface area contributed by atoms with Gasteiger partial charge >= 0.3 is 0 Å². The number of fused-ring (bicyclic) bond motifs is 1. The number of hydrogen-bond acceptors (Lipinski definition) is 3. The Balaban J connectivity index is 1.41. The van der Waals surface area contributed by atoms with Crippen molar-refractivity contribution in [3.8, 4) is 5.88 Å². The average molecular weight is 346 g/mol. The lowest BCUT2D eigenvalue weighted by Crippen LogP contribution is -2.38. The van der Waals surface area contributed by atoms with E-state index in [1.807, 2.05) is 18.2 Å². The van der Waals surface area contributed by atoms with Gasteiger partial charge in [-0.05, 0) is 42.9 Å². The summed E-state index contributed by atoms with van der Waals surface area (Å²) in [6.07, 6.45) is 4.19. The summed E-state index contributed by atoms with van der Waals surface area (Å²) < 4.78 is 7.15. The molecule has 1 N–H and O–H groups in total. The Hall–Kier alpha value is -2.01. The number of rotatable bonds is 3. The molecule has 2 heterocycles. The van der Waals surface area contributed by atoms with Gasteiger partial charge < -0.3 is 10.1 Å². The normalized spacial score (nSPS) is 22.7. The predicted octanol–water partition coefficient (Wildman–Crippen LogP) is 3.39. The van der Waals surface area contributed by atoms with Crippen molar-refractivity contribution in [1.29, 1.82) is 0 Å². The summed E-state index contributed by atoms with van der Waals surface area (Å²) in [5, 5.41) is 8.21. The van der Waals surface area contributed by atoms with Crippen molar-refractivity contribution in [1.82, 2.24) is 15.1 Å². The summed E-state index contributed by atoms with van der Waals surface area (Å²) in [7, 11) is 0. The first-order chi connectivity index (χ1) is 11.7. The van der Waals surface area contributed by atoms with Crippen molar-refractivity contribution in [2.45, 2.75) is 44.2 Å². The zero-order valence-electron chi connectivity index (χ0n) is 13.4. The number of aromatic nitrogens is 2. The fourth-order valence-electron chi connectivity index (χ4n) is 3.67. The Morgan fingerprint density at radius 3 is 3.08 bits per heavy atom. The Labute approximate surface area is 145 Å². The van der Waals surface area contributed by atoms with Crippen LogP contribution in [-0.4, -0.2) is 28.3 Å². The molecule has 1 aliphatic carbocycles. The lowest BCUT2D eigenvalue weighted by Gasteiger charge is -2.30. The monoisotopic (exact) mass is 345 g/mol. The van der Waals surface area contributed by atoms with Crippen molar-refractivity contribution >= 4 is 17.5 Å². The second-order valence-electron chi connectivity index (χ2n) is 6.53. The van der Waals surface area contributed by atoms with E-state index >= 15 is 0 Å². The molecule has 1 aromatic carbocycles. The maximum Gasteiger partial charge on any atom is 0.272 e. The summed E-state index contributed by atoms with van der Waals surface area (Å²) in [5.74, 6) is 1.01. The molecule has 0 spiro atoms. The highest BCUT2D eigenvalue weighted by Gasteiger charge is 2.26. The Morgan fingerprint density at radius 2 is 2.25 bits per heavy atom. The first-order valence-corrected chi connectivity index (χ1v) is 8.84. The van der Waals surface area contributed by atoms with Crippen LogP contribution >= 0.6 is 11.6 Å². The lowest BCUT2D eigenvalue weighted by molar-refractivity contribution is 0.0919. The molecule has 2 atom stereocenters. The first-order valence-electron chi connectivity index (χ1n) is 8.46. The minimum Gasteiger partial charge on any atom is -0.476 e. The lowest BCUT2D eigenvalue weighted by atomic mass is 9.81. The third-order valence-electron chi connectivity index (χ3n) is 4.86. The standard InChI is InChI=1S/C18H20ClN3O2/c19-14-5-1-3-12(9-14)13-4-2-6-15(10-13)20-18(23)16-11-17-22(21-16)7-8-24-17/h1,3,5,9,11,13,15H,2,4,6-8,10H2,(H,20,23)/t13-,15-/m0/s1. The molecule has 0 bridgehead atoms. The molecular weight excluding hydrogens is 326 g/mol. The van der Waals surface area contributed by atoms with Crippen LogP contribution in [0.5, 0.6) is 5.88 Å². The summed E-state index contributed by atoms with van der Waals surface area (Å²) in [4.78, 5) is 12.5. The van der Waals surface area contributed by atoms with Gasteiger partial charge in [-0.2, -0.15) is 5.10 Å². The molecule has 0 saturated heterocycles. The van der Waals surface area contributed by atoms with Gasteiger partial charge in [-0.15, -0.1) is 0 Å². The fraction of sp³-hybridized carbons (Fsp3) is 0.444. The molecule has 1 aromatic heterocycles. The average Bonchev–Trinajstić information content (AvgIpc) is 3.17. The van der Waals surface area contributed by atoms with E-state index in [-0.39, 0.29) is 11.9 Å². The van der Waals surface area contributed by atoms with Crippen LogP contribution in [0.25, 0.3) is 0 Å². The summed E-state index contributed by atoms with van der Waals surface area (Å²) in [6.45, 7) is 1.34. The maximum atomic E-state index is 12.5. The second kappa shape index (κ2) is 6.48. The Morgan fingerprint density at radius 1 is 1.33 bits per heavy atom. The summed E-state index contributed by atoms with van der Waals surface area (Å²) in [5.41, 5.74) is 1.70. The largest absolute Gasteiger partial charge is 0.476 e. The minimum atomic E-state index is -0.114. The quantitative estimate of drug-likeness (QED) is 0.927. The molecule has 0 unspecified atom stereocenters. The van der Waals surface area contributed by atoms with Crippen molar-refractivity contribution in [3.63, 3.8) is 0 Å². The zero-order chi connectivity index (χ0) is 16.5. The molecule has 0 radical (unpaired) electrons. The molecule has 1 aliphatic heterocycles. The van der Waals surface area contributed by atoms with Crippen LogP contribution in [0.4, 0.5) is 0 Å². The van der Waals surface area contributed by atoms with Gasteiger partial charge in [0.05, 0.1) is 6.54 Å². The summed E-state index contributed by atoms with van der Waals surface area (Å²) in [6, 6.07) is 9.94. The highest BCUT2D eigenvalue weighted by molar-refractivity contribution is 6.30. The van der Waals surface area contributed by atoms with Gasteiger partial charge in [-0.1, -0.05) is 30.2 Å². The van der Waals surface area contributed by atoms with E-state index in [0.717, 1.165) is 30.7 Å². The van der Waals surface area contributed by atoms with Gasteiger partial charge in [-0.3, -0.25) is 4.79 Å². The van der Waals surface area contributed by atoms with E-state index < -0.39 is 0 Å². The predicted molar refractivity (Wildman–Crippen MR) is 91.6 cm³/mol. The molecule has 5 nitrogen and oxygen atoms in total. The van der Waals surface area contributed by atoms with Crippen molar-refractivity contribution < 1.29 is 9.53 Å². The van der Waals surface area contributed by atoms with Gasteiger partial charge in [0.2, 0.25) is 5.88 Å². The smallest absolute Gasteiger partial charge is 0.272 e. The van der Waals surface area contributed by atoms with Gasteiger partial charge in [0.25, 0.3) is 5.91 Å². The Bertz CT molecular complexity index is 737. The third-order valence-corrected chi connectivity index (χ3v) is 5.09. The highest BCUT2D eigenvalue weighted by atomic mass is 35.5. The zero-order valence-corrected chi connectivity index (χ0v) is 14.1. The van der Waals surface area contributed by atoms with Gasteiger partial charge in [-0.25, -0.2) is 4.68 Å². The SMILES string of the molecule is O=C(N[C@H]1CCC[C@H](c2cccc(Cl)c2)C1)c1cc2n(n1)CCO2. The molecule has 4 rings (SSSR count). The number of carbonyl (C=O) groups is 1. The Kier molecular flexibility index (Phi) is 4.19. The van der Waals surface area contributed by atoms with Crippen molar-refractivity contribution in [2.75, 3.05) is 6.61 Å². The molecule has 126 valence electrons. The maximum absolute atomic E-state index is 12.5. The molecule has 1 amide bonds. The second-order valence-corrected chi connectivity index (χ2v) is 6.96. The van der Waals surface area contributed by atoms with Crippen LogP contribution in [-0.2, 0) is 6.54 Å². The molecule has 2 aliphatic rings. The minimum absolute atomic E-state index is 0.114. The van der Waals surface area contributed by atoms with E-state index in [1.54, 1.807) is 10.7 Å². The van der Waals surface area contributed by atoms with Gasteiger partial charge in [0.1, 0.15) is 6.61 Å². The van der Waals surface area contributed by atoms with Crippen LogP contribution in [0.15, 0.2) is 30.3 Å². The van der Waals surface area contributed by atoms with E-state index in [2.05, 4.69) is 16.5 Å². The van der Waals surface area contributed by atoms with Crippen LogP contribution in [0.3, 0.4) is 0 Å². The van der Waals surface area contributed by atoms with Crippen molar-refractivity contribution in [2.24, 2.45) is 0 Å². The van der Waals surface area contributed by atoms with Crippen molar-refractivity contribution in [3.05, 3.63) is 46.6 Å². The van der Waals surface area contributed by atoms with Crippen LogP contribution in [0.1, 0.15) is 47.7 Å². The number of halogens is 1. The topological polar surface area (TPSA) is 56.2 Å². The molecular formula is C18H20ClN3O2. The van der Waals surface area contributed by atoms with Crippen LogP contribution < -0.4 is 10.1 Å². The number of nitrogens with zero attached hydrogens (tertiary/aromatic N) is 2. The molecule has 6 heteroatoms. The summed E-state index contributed by atoms with van der Waals surface area (Å²) >= 11 is 6.11. The molecule has 2 aromatic rings.